The first-order chi connectivity index (χ1) is 15.3. The third-order valence-electron chi connectivity index (χ3n) is 5.98. The van der Waals surface area contributed by atoms with Crippen LogP contribution in [-0.2, 0) is 30.8 Å². The number of hydrogen-bond acceptors (Lipinski definition) is 6. The Hall–Kier alpha value is -2.49. The van der Waals surface area contributed by atoms with Gasteiger partial charge < -0.3 is 9.30 Å². The fraction of sp³-hybridized carbons (Fsp3) is 0.478. The molecule has 8 nitrogen and oxygen atoms in total. The van der Waals surface area contributed by atoms with E-state index in [4.69, 9.17) is 9.57 Å². The lowest BCUT2D eigenvalue weighted by atomic mass is 10.00. The zero-order valence-corrected chi connectivity index (χ0v) is 19.3. The number of pyridine rings is 1. The molecule has 0 aliphatic carbocycles. The van der Waals surface area contributed by atoms with Crippen molar-refractivity contribution in [2.75, 3.05) is 12.9 Å². The number of carbonyl (C=O) groups is 1. The average Bonchev–Trinajstić information content (AvgIpc) is 2.79. The van der Waals surface area contributed by atoms with E-state index < -0.39 is 26.8 Å². The number of rotatable bonds is 9. The molecule has 2 aromatic rings. The summed E-state index contributed by atoms with van der Waals surface area (Å²) < 4.78 is 30.5. The summed E-state index contributed by atoms with van der Waals surface area (Å²) in [5.74, 6) is -0.745. The fourth-order valence-corrected chi connectivity index (χ4v) is 5.25. The number of benzene rings is 1. The molecule has 1 saturated heterocycles. The monoisotopic (exact) mass is 462 g/mol. The smallest absolute Gasteiger partial charge is 0.265 e. The van der Waals surface area contributed by atoms with Gasteiger partial charge in [0.05, 0.1) is 0 Å². The molecule has 2 unspecified atom stereocenters. The van der Waals surface area contributed by atoms with Crippen molar-refractivity contribution in [1.29, 1.82) is 0 Å². The second-order valence-corrected chi connectivity index (χ2v) is 10.4. The molecule has 0 saturated carbocycles. The van der Waals surface area contributed by atoms with Crippen LogP contribution in [0.3, 0.4) is 0 Å². The number of aromatic nitrogens is 1. The van der Waals surface area contributed by atoms with E-state index in [1.807, 2.05) is 30.3 Å². The molecular weight excluding hydrogens is 432 g/mol. The van der Waals surface area contributed by atoms with Crippen LogP contribution < -0.4 is 11.0 Å². The molecule has 3 rings (SSSR count). The van der Waals surface area contributed by atoms with Crippen molar-refractivity contribution in [3.05, 3.63) is 59.0 Å². The van der Waals surface area contributed by atoms with Crippen LogP contribution >= 0.6 is 0 Å². The van der Waals surface area contributed by atoms with Crippen LogP contribution in [0.4, 0.5) is 0 Å². The number of nitrogens with zero attached hydrogens (tertiary/aromatic N) is 1. The van der Waals surface area contributed by atoms with Gasteiger partial charge in [0, 0.05) is 38.1 Å². The number of aryl methyl sites for hydroxylation is 1. The van der Waals surface area contributed by atoms with Crippen LogP contribution in [0.5, 0.6) is 0 Å². The highest BCUT2D eigenvalue weighted by Gasteiger charge is 2.46. The summed E-state index contributed by atoms with van der Waals surface area (Å²) in [7, 11) is -3.81. The third kappa shape index (κ3) is 5.46. The molecule has 1 aromatic carbocycles. The summed E-state index contributed by atoms with van der Waals surface area (Å²) in [6.45, 7) is 2.24. The third-order valence-corrected chi connectivity index (χ3v) is 8.07. The predicted molar refractivity (Wildman–Crippen MR) is 121 cm³/mol. The Labute approximate surface area is 188 Å². The lowest BCUT2D eigenvalue weighted by Gasteiger charge is -2.31. The van der Waals surface area contributed by atoms with Crippen LogP contribution in [0.1, 0.15) is 39.0 Å². The molecule has 174 valence electrons. The van der Waals surface area contributed by atoms with Crippen molar-refractivity contribution in [1.82, 2.24) is 10.0 Å². The standard InChI is InChI=1S/C23H30N2O6S/c1-3-23(32(2,28)29,22(27)24-31-21-11-7-8-16-30-21)13-15-25-14-12-19(17-20(25)26)18-9-5-4-6-10-18/h4-6,9-10,12,14,17,21H,3,7-8,11,13,15-16H2,1-2H3,(H,24,27). The number of hydrogen-bond donors (Lipinski definition) is 1. The van der Waals surface area contributed by atoms with Gasteiger partial charge in [0.15, 0.2) is 20.9 Å². The number of ether oxygens (including phenoxy) is 1. The molecule has 0 spiro atoms. The van der Waals surface area contributed by atoms with Gasteiger partial charge in [-0.25, -0.2) is 18.7 Å². The Morgan fingerprint density at radius 3 is 2.56 bits per heavy atom. The quantitative estimate of drug-likeness (QED) is 0.575. The van der Waals surface area contributed by atoms with Crippen LogP contribution in [0.2, 0.25) is 0 Å². The van der Waals surface area contributed by atoms with E-state index in [0.717, 1.165) is 30.2 Å². The minimum atomic E-state index is -3.81. The first-order valence-electron chi connectivity index (χ1n) is 10.8. The van der Waals surface area contributed by atoms with Crippen molar-refractivity contribution < 1.29 is 22.8 Å². The number of nitrogens with one attached hydrogen (secondary N) is 1. The van der Waals surface area contributed by atoms with Crippen LogP contribution in [0, 0.1) is 0 Å². The summed E-state index contributed by atoms with van der Waals surface area (Å²) in [6.07, 6.45) is 4.52. The van der Waals surface area contributed by atoms with E-state index in [9.17, 15) is 18.0 Å². The van der Waals surface area contributed by atoms with E-state index in [0.29, 0.717) is 13.0 Å². The minimum Gasteiger partial charge on any atom is -0.350 e. The number of carbonyl (C=O) groups excluding carboxylic acids is 1. The van der Waals surface area contributed by atoms with Gasteiger partial charge in [-0.2, -0.15) is 0 Å². The fourth-order valence-electron chi connectivity index (χ4n) is 3.89. The van der Waals surface area contributed by atoms with Gasteiger partial charge in [-0.15, -0.1) is 0 Å². The highest BCUT2D eigenvalue weighted by molar-refractivity contribution is 7.92. The molecule has 1 amide bonds. The Morgan fingerprint density at radius 1 is 1.22 bits per heavy atom. The molecule has 0 bridgehead atoms. The molecule has 2 atom stereocenters. The van der Waals surface area contributed by atoms with Gasteiger partial charge in [0.1, 0.15) is 0 Å². The lowest BCUT2D eigenvalue weighted by Crippen LogP contribution is -2.53. The summed E-state index contributed by atoms with van der Waals surface area (Å²) in [5, 5.41) is 0. The minimum absolute atomic E-state index is 0.0450. The van der Waals surface area contributed by atoms with Gasteiger partial charge >= 0.3 is 0 Å². The largest absolute Gasteiger partial charge is 0.350 e. The average molecular weight is 463 g/mol. The molecule has 9 heteroatoms. The first kappa shape index (κ1) is 24.2. The molecular formula is C23H30N2O6S. The topological polar surface area (TPSA) is 104 Å². The highest BCUT2D eigenvalue weighted by Crippen LogP contribution is 2.27. The van der Waals surface area contributed by atoms with Crippen LogP contribution in [0.25, 0.3) is 11.1 Å². The number of hydroxylamine groups is 1. The zero-order chi connectivity index (χ0) is 23.2. The highest BCUT2D eigenvalue weighted by atomic mass is 32.2. The van der Waals surface area contributed by atoms with Gasteiger partial charge in [-0.3, -0.25) is 9.59 Å². The molecule has 1 fully saturated rings. The Kier molecular flexibility index (Phi) is 7.86. The first-order valence-corrected chi connectivity index (χ1v) is 12.7. The summed E-state index contributed by atoms with van der Waals surface area (Å²) in [5.41, 5.74) is 3.72. The van der Waals surface area contributed by atoms with Crippen molar-refractivity contribution in [3.8, 4) is 11.1 Å². The maximum atomic E-state index is 13.0. The Morgan fingerprint density at radius 2 is 1.97 bits per heavy atom. The molecule has 1 N–H and O–H groups in total. The molecule has 0 radical (unpaired) electrons. The molecule has 1 aromatic heterocycles. The van der Waals surface area contributed by atoms with Crippen LogP contribution in [-0.4, -0.2) is 42.8 Å². The van der Waals surface area contributed by atoms with E-state index in [1.165, 1.54) is 10.6 Å². The van der Waals surface area contributed by atoms with Crippen LogP contribution in [0.15, 0.2) is 53.5 Å². The van der Waals surface area contributed by atoms with Gasteiger partial charge in [0.25, 0.3) is 11.5 Å². The second-order valence-electron chi connectivity index (χ2n) is 8.03. The maximum absolute atomic E-state index is 13.0. The summed E-state index contributed by atoms with van der Waals surface area (Å²) in [6, 6.07) is 12.8. The Balaban J connectivity index is 1.75. The SMILES string of the molecule is CCC(CCn1ccc(-c2ccccc2)cc1=O)(C(=O)NOC1CCCCO1)S(C)(=O)=O. The van der Waals surface area contributed by atoms with E-state index in [2.05, 4.69) is 5.48 Å². The van der Waals surface area contributed by atoms with Crippen molar-refractivity contribution >= 4 is 15.7 Å². The summed E-state index contributed by atoms with van der Waals surface area (Å²) >= 11 is 0. The van der Waals surface area contributed by atoms with Gasteiger partial charge in [0.2, 0.25) is 0 Å². The molecule has 32 heavy (non-hydrogen) atoms. The Bertz CT molecular complexity index is 1080. The van der Waals surface area contributed by atoms with Gasteiger partial charge in [-0.05, 0) is 42.9 Å². The molecule has 2 heterocycles. The molecule has 1 aliphatic heterocycles. The molecule has 1 aliphatic rings. The van der Waals surface area contributed by atoms with E-state index in [-0.39, 0.29) is 24.9 Å². The normalized spacial score (nSPS) is 18.6. The zero-order valence-electron chi connectivity index (χ0n) is 18.5. The summed E-state index contributed by atoms with van der Waals surface area (Å²) in [4.78, 5) is 30.9. The van der Waals surface area contributed by atoms with E-state index >= 15 is 0 Å². The van der Waals surface area contributed by atoms with Crippen molar-refractivity contribution in [2.24, 2.45) is 0 Å². The number of amides is 1. The lowest BCUT2D eigenvalue weighted by molar-refractivity contribution is -0.201. The predicted octanol–water partition coefficient (Wildman–Crippen LogP) is 2.67. The second kappa shape index (κ2) is 10.4. The maximum Gasteiger partial charge on any atom is 0.265 e. The van der Waals surface area contributed by atoms with Crippen molar-refractivity contribution in [3.63, 3.8) is 0 Å². The van der Waals surface area contributed by atoms with Gasteiger partial charge in [-0.1, -0.05) is 37.3 Å². The number of sulfone groups is 1. The van der Waals surface area contributed by atoms with Crippen molar-refractivity contribution in [2.45, 2.75) is 56.6 Å². The van der Waals surface area contributed by atoms with E-state index in [1.54, 1.807) is 19.2 Å².